The van der Waals surface area contributed by atoms with Gasteiger partial charge in [-0.1, -0.05) is 188 Å². The second-order valence-electron chi connectivity index (χ2n) is 9.96. The summed E-state index contributed by atoms with van der Waals surface area (Å²) in [6, 6.07) is 62.3. The maximum absolute atomic E-state index is 9.18. The lowest BCUT2D eigenvalue weighted by Gasteiger charge is -2.23. The molecule has 208 valence electrons. The monoisotopic (exact) mass is 554 g/mol. The van der Waals surface area contributed by atoms with Gasteiger partial charge in [-0.2, -0.15) is 5.26 Å². The van der Waals surface area contributed by atoms with Gasteiger partial charge in [-0.25, -0.2) is 6.57 Å². The highest BCUT2D eigenvalue weighted by atomic mass is 14.8. The van der Waals surface area contributed by atoms with Crippen LogP contribution in [0.5, 0.6) is 0 Å². The Morgan fingerprint density at radius 2 is 0.767 bits per heavy atom. The zero-order valence-corrected chi connectivity index (χ0v) is 24.3. The average Bonchev–Trinajstić information content (AvgIpc) is 3.09. The third-order valence-corrected chi connectivity index (χ3v) is 7.08. The van der Waals surface area contributed by atoms with Crippen LogP contribution in [0.15, 0.2) is 182 Å². The molecule has 2 nitrogen and oxygen atoms in total. The van der Waals surface area contributed by atoms with E-state index >= 15 is 0 Å². The van der Waals surface area contributed by atoms with E-state index < -0.39 is 5.54 Å². The van der Waals surface area contributed by atoms with Gasteiger partial charge >= 0.3 is 5.54 Å². The number of nitrogens with zero attached hydrogens (tertiary/aromatic N) is 2. The predicted octanol–water partition coefficient (Wildman–Crippen LogP) is 10.2. The minimum Gasteiger partial charge on any atom is -0.295 e. The van der Waals surface area contributed by atoms with Gasteiger partial charge in [0.1, 0.15) is 0 Å². The highest BCUT2D eigenvalue weighted by Crippen LogP contribution is 2.40. The van der Waals surface area contributed by atoms with Crippen LogP contribution >= 0.6 is 0 Å². The summed E-state index contributed by atoms with van der Waals surface area (Å²) < 4.78 is 0. The molecule has 0 N–H and O–H groups in total. The Kier molecular flexibility index (Phi) is 11.2. The summed E-state index contributed by atoms with van der Waals surface area (Å²) in [5.74, 6) is -0.160. The van der Waals surface area contributed by atoms with Gasteiger partial charge in [0.25, 0.3) is 0 Å². The van der Waals surface area contributed by atoms with Crippen molar-refractivity contribution in [3.63, 3.8) is 0 Å². The first-order valence-corrected chi connectivity index (χ1v) is 14.3. The molecule has 0 aliphatic heterocycles. The molecular formula is C41H34N2. The van der Waals surface area contributed by atoms with Crippen LogP contribution in [0.1, 0.15) is 39.3 Å². The molecule has 0 atom stereocenters. The van der Waals surface area contributed by atoms with Crippen molar-refractivity contribution >= 4 is 0 Å². The van der Waals surface area contributed by atoms with E-state index in [4.69, 9.17) is 6.57 Å². The third kappa shape index (κ3) is 7.95. The molecule has 0 fully saturated rings. The van der Waals surface area contributed by atoms with Gasteiger partial charge in [0.15, 0.2) is 0 Å². The van der Waals surface area contributed by atoms with Crippen molar-refractivity contribution in [3.8, 4) is 6.07 Å². The fourth-order valence-electron chi connectivity index (χ4n) is 4.90. The van der Waals surface area contributed by atoms with E-state index in [0.29, 0.717) is 0 Å². The standard InChI is InChI=1S/C20H15N.C14H11N.C7H8/c1-21-20(17-11-5-2-6-12-17,18-13-7-3-8-14-18)19-15-9-4-10-16-19;15-11-14(12-7-3-1-4-8-12)13-9-5-2-6-10-13;1-7-5-3-2-4-6-7/h2-16H;1-10,14H;2-6H,1H3. The fourth-order valence-corrected chi connectivity index (χ4v) is 4.90. The van der Waals surface area contributed by atoms with Crippen LogP contribution in [-0.4, -0.2) is 0 Å². The van der Waals surface area contributed by atoms with E-state index in [9.17, 15) is 5.26 Å². The molecule has 43 heavy (non-hydrogen) atoms. The summed E-state index contributed by atoms with van der Waals surface area (Å²) in [6.45, 7) is 10.0. The molecule has 0 saturated carbocycles. The van der Waals surface area contributed by atoms with Crippen LogP contribution in [0.4, 0.5) is 0 Å². The van der Waals surface area contributed by atoms with Gasteiger partial charge in [0, 0.05) is 16.7 Å². The summed E-state index contributed by atoms with van der Waals surface area (Å²) >= 11 is 0. The van der Waals surface area contributed by atoms with Crippen LogP contribution in [0.25, 0.3) is 4.85 Å². The molecule has 0 aliphatic carbocycles. The summed E-state index contributed by atoms with van der Waals surface area (Å²) in [4.78, 5) is 4.08. The first-order valence-electron chi connectivity index (χ1n) is 14.3. The molecule has 0 spiro atoms. The summed E-state index contributed by atoms with van der Waals surface area (Å²) in [6.07, 6.45) is 0. The number of aryl methyl sites for hydroxylation is 1. The van der Waals surface area contributed by atoms with E-state index in [2.05, 4.69) is 30.0 Å². The van der Waals surface area contributed by atoms with Gasteiger partial charge in [-0.05, 0) is 18.1 Å². The van der Waals surface area contributed by atoms with E-state index in [0.717, 1.165) is 27.8 Å². The first kappa shape index (κ1) is 30.3. The zero-order chi connectivity index (χ0) is 30.2. The SMILES string of the molecule is Cc1ccccc1.N#CC(c1ccccc1)c1ccccc1.[C-]#[N+]C(c1ccccc1)(c1ccccc1)c1ccccc1. The number of hydrogen-bond donors (Lipinski definition) is 0. The maximum atomic E-state index is 9.18. The zero-order valence-electron chi connectivity index (χ0n) is 24.3. The Hall–Kier alpha value is -5.70. The second kappa shape index (κ2) is 15.9. The average molecular weight is 555 g/mol. The lowest BCUT2D eigenvalue weighted by molar-refractivity contribution is 0.772. The Bertz CT molecular complexity index is 1570. The number of rotatable bonds is 5. The molecule has 0 unspecified atom stereocenters. The molecular weight excluding hydrogens is 520 g/mol. The lowest BCUT2D eigenvalue weighted by atomic mass is 9.78. The number of hydrogen-bond acceptors (Lipinski definition) is 1. The molecule has 6 aromatic rings. The molecule has 0 radical (unpaired) electrons. The minimum absolute atomic E-state index is 0.160. The highest BCUT2D eigenvalue weighted by Gasteiger charge is 2.42. The van der Waals surface area contributed by atoms with E-state index in [-0.39, 0.29) is 5.92 Å². The first-order chi connectivity index (χ1) is 21.2. The number of nitriles is 1. The van der Waals surface area contributed by atoms with Crippen molar-refractivity contribution in [1.29, 1.82) is 5.26 Å². The van der Waals surface area contributed by atoms with Crippen molar-refractivity contribution in [3.05, 3.63) is 227 Å². The highest BCUT2D eigenvalue weighted by molar-refractivity contribution is 5.52. The third-order valence-electron chi connectivity index (χ3n) is 7.08. The van der Waals surface area contributed by atoms with Gasteiger partial charge in [-0.3, -0.25) is 4.85 Å². The summed E-state index contributed by atoms with van der Waals surface area (Å²) in [7, 11) is 0. The normalized spacial score (nSPS) is 10.1. The van der Waals surface area contributed by atoms with Crippen molar-refractivity contribution in [2.24, 2.45) is 0 Å². The molecule has 6 aromatic carbocycles. The largest absolute Gasteiger partial charge is 0.307 e. The molecule has 0 heterocycles. The summed E-state index contributed by atoms with van der Waals surface area (Å²) in [5, 5.41) is 9.18. The predicted molar refractivity (Wildman–Crippen MR) is 177 cm³/mol. The minimum atomic E-state index is -0.788. The molecule has 0 amide bonds. The van der Waals surface area contributed by atoms with Crippen molar-refractivity contribution in [2.75, 3.05) is 0 Å². The van der Waals surface area contributed by atoms with Crippen molar-refractivity contribution < 1.29 is 0 Å². The van der Waals surface area contributed by atoms with Gasteiger partial charge in [-0.15, -0.1) is 0 Å². The molecule has 0 aromatic heterocycles. The quantitative estimate of drug-likeness (QED) is 0.154. The molecule has 0 bridgehead atoms. The van der Waals surface area contributed by atoms with Crippen molar-refractivity contribution in [2.45, 2.75) is 18.4 Å². The molecule has 6 rings (SSSR count). The Morgan fingerprint density at radius 3 is 1.00 bits per heavy atom. The van der Waals surface area contributed by atoms with E-state index in [1.165, 1.54) is 5.56 Å². The lowest BCUT2D eigenvalue weighted by Crippen LogP contribution is -2.25. The van der Waals surface area contributed by atoms with Crippen molar-refractivity contribution in [1.82, 2.24) is 0 Å². The smallest absolute Gasteiger partial charge is 0.295 e. The van der Waals surface area contributed by atoms with Crippen LogP contribution in [0.3, 0.4) is 0 Å². The van der Waals surface area contributed by atoms with Crippen LogP contribution < -0.4 is 0 Å². The fraction of sp³-hybridized carbons (Fsp3) is 0.0732. The topological polar surface area (TPSA) is 28.1 Å². The Labute approximate surface area is 256 Å². The number of benzene rings is 6. The molecule has 2 heteroatoms. The maximum Gasteiger partial charge on any atom is 0.307 e. The van der Waals surface area contributed by atoms with E-state index in [1.54, 1.807) is 0 Å². The Balaban J connectivity index is 0.000000167. The Morgan fingerprint density at radius 1 is 0.488 bits per heavy atom. The van der Waals surface area contributed by atoms with E-state index in [1.807, 2.05) is 170 Å². The van der Waals surface area contributed by atoms with Gasteiger partial charge in [0.2, 0.25) is 0 Å². The van der Waals surface area contributed by atoms with Crippen LogP contribution in [0.2, 0.25) is 0 Å². The van der Waals surface area contributed by atoms with Crippen LogP contribution in [0, 0.1) is 24.8 Å². The molecule has 0 aliphatic rings. The van der Waals surface area contributed by atoms with Gasteiger partial charge in [0.05, 0.1) is 12.0 Å². The second-order valence-corrected chi connectivity index (χ2v) is 9.96. The summed E-state index contributed by atoms with van der Waals surface area (Å²) in [5.41, 5.74) is 5.62. The molecule has 0 saturated heterocycles. The van der Waals surface area contributed by atoms with Crippen LogP contribution in [-0.2, 0) is 5.54 Å². The van der Waals surface area contributed by atoms with Gasteiger partial charge < -0.3 is 0 Å².